The Labute approximate surface area is 181 Å². The molecule has 0 bridgehead atoms. The zero-order valence-corrected chi connectivity index (χ0v) is 18.9. The van der Waals surface area contributed by atoms with Crippen molar-refractivity contribution in [2.45, 2.75) is 45.2 Å². The fraction of sp³-hybridized carbons (Fsp3) is 0.478. The lowest BCUT2D eigenvalue weighted by atomic mass is 9.86. The van der Waals surface area contributed by atoms with Crippen molar-refractivity contribution in [1.29, 1.82) is 0 Å². The molecule has 4 rings (SSSR count). The van der Waals surface area contributed by atoms with Gasteiger partial charge in [0.15, 0.2) is 0 Å². The number of pyridine rings is 1. The number of fused-ring (bicyclic) bond motifs is 1. The van der Waals surface area contributed by atoms with E-state index in [0.29, 0.717) is 17.6 Å². The minimum absolute atomic E-state index is 0.0863. The fourth-order valence-corrected chi connectivity index (χ4v) is 5.09. The van der Waals surface area contributed by atoms with Crippen molar-refractivity contribution in [3.63, 3.8) is 0 Å². The van der Waals surface area contributed by atoms with E-state index in [1.165, 1.54) is 29.5 Å². The maximum Gasteiger partial charge on any atom is 0.255 e. The predicted octanol–water partition coefficient (Wildman–Crippen LogP) is 4.52. The van der Waals surface area contributed by atoms with Crippen molar-refractivity contribution in [3.05, 3.63) is 57.3 Å². The Morgan fingerprint density at radius 2 is 1.97 bits per heavy atom. The molecule has 2 aliphatic heterocycles. The van der Waals surface area contributed by atoms with E-state index < -0.39 is 0 Å². The quantitative estimate of drug-likeness (QED) is 0.635. The Kier molecular flexibility index (Phi) is 5.93. The molecule has 2 unspecified atom stereocenters. The lowest BCUT2D eigenvalue weighted by Crippen LogP contribution is -2.57. The molecule has 2 atom stereocenters. The van der Waals surface area contributed by atoms with Crippen LogP contribution in [-0.4, -0.2) is 53.5 Å². The van der Waals surface area contributed by atoms with Crippen LogP contribution in [0, 0.1) is 13.8 Å². The van der Waals surface area contributed by atoms with E-state index in [9.17, 15) is 4.79 Å². The molecule has 3 heterocycles. The number of carbonyl (C=O) groups is 1. The number of aromatic nitrogens is 1. The molecule has 6 heteroatoms. The van der Waals surface area contributed by atoms with Crippen molar-refractivity contribution in [1.82, 2.24) is 14.8 Å². The van der Waals surface area contributed by atoms with Crippen LogP contribution in [-0.2, 0) is 0 Å². The van der Waals surface area contributed by atoms with Gasteiger partial charge in [-0.25, -0.2) is 4.98 Å². The zero-order chi connectivity index (χ0) is 20.5. The van der Waals surface area contributed by atoms with Crippen LogP contribution in [0.5, 0.6) is 5.75 Å². The van der Waals surface area contributed by atoms with Crippen molar-refractivity contribution in [2.75, 3.05) is 26.7 Å². The molecule has 154 valence electrons. The number of piperazine rings is 1. The second kappa shape index (κ2) is 8.44. The first kappa shape index (κ1) is 20.4. The van der Waals surface area contributed by atoms with E-state index >= 15 is 0 Å². The third-order valence-corrected chi connectivity index (χ3v) is 7.03. The number of piperidine rings is 1. The lowest BCUT2D eigenvalue weighted by Gasteiger charge is -2.48. The van der Waals surface area contributed by atoms with Gasteiger partial charge in [-0.15, -0.1) is 0 Å². The Bertz CT molecular complexity index is 900. The number of hydrogen-bond acceptors (Lipinski definition) is 4. The van der Waals surface area contributed by atoms with Crippen LogP contribution < -0.4 is 4.74 Å². The van der Waals surface area contributed by atoms with Crippen LogP contribution in [0.4, 0.5) is 0 Å². The van der Waals surface area contributed by atoms with E-state index in [1.807, 2.05) is 17.0 Å². The highest BCUT2D eigenvalue weighted by Crippen LogP contribution is 2.39. The first-order valence-electron chi connectivity index (χ1n) is 10.3. The summed E-state index contributed by atoms with van der Waals surface area (Å²) in [7, 11) is 1.73. The molecule has 2 fully saturated rings. The fourth-order valence-electron chi connectivity index (χ4n) is 4.85. The molecule has 2 saturated heterocycles. The maximum atomic E-state index is 12.9. The molecule has 1 aromatic heterocycles. The van der Waals surface area contributed by atoms with Gasteiger partial charge >= 0.3 is 0 Å². The number of carbonyl (C=O) groups excluding carboxylic acids is 1. The van der Waals surface area contributed by atoms with Gasteiger partial charge < -0.3 is 9.64 Å². The number of hydrogen-bond donors (Lipinski definition) is 0. The Balaban J connectivity index is 1.52. The summed E-state index contributed by atoms with van der Waals surface area (Å²) in [5.74, 6) is 1.04. The van der Waals surface area contributed by atoms with E-state index in [1.54, 1.807) is 13.3 Å². The average Bonchev–Trinajstić information content (AvgIpc) is 2.75. The summed E-state index contributed by atoms with van der Waals surface area (Å²) in [6.07, 6.45) is 5.17. The molecule has 1 amide bonds. The first-order valence-corrected chi connectivity index (χ1v) is 11.1. The highest BCUT2D eigenvalue weighted by atomic mass is 79.9. The third kappa shape index (κ3) is 3.92. The number of benzene rings is 1. The van der Waals surface area contributed by atoms with E-state index in [0.717, 1.165) is 36.4 Å². The van der Waals surface area contributed by atoms with Gasteiger partial charge in [-0.3, -0.25) is 9.69 Å². The number of halogens is 1. The summed E-state index contributed by atoms with van der Waals surface area (Å²) in [6.45, 7) is 6.81. The molecule has 0 radical (unpaired) electrons. The monoisotopic (exact) mass is 457 g/mol. The molecular formula is C23H28BrN3O2. The van der Waals surface area contributed by atoms with Gasteiger partial charge in [0.2, 0.25) is 0 Å². The molecule has 29 heavy (non-hydrogen) atoms. The van der Waals surface area contributed by atoms with E-state index in [-0.39, 0.29) is 5.91 Å². The summed E-state index contributed by atoms with van der Waals surface area (Å²) in [4.78, 5) is 21.8. The number of rotatable bonds is 3. The van der Waals surface area contributed by atoms with E-state index in [2.05, 4.69) is 51.8 Å². The molecule has 1 aromatic carbocycles. The van der Waals surface area contributed by atoms with Crippen molar-refractivity contribution < 1.29 is 9.53 Å². The van der Waals surface area contributed by atoms with Gasteiger partial charge in [-0.1, -0.05) is 6.07 Å². The largest absolute Gasteiger partial charge is 0.496 e. The van der Waals surface area contributed by atoms with Gasteiger partial charge in [-0.05, 0) is 83.9 Å². The average molecular weight is 458 g/mol. The standard InChI is InChI=1S/C23H28BrN3O2/c1-15-16(2)21(29-3)9-8-19(15)20-6-4-5-18-14-26(11-12-27(18)20)23(28)17-7-10-22(24)25-13-17/h7-10,13,18,20H,4-6,11-12,14H2,1-3H3. The Morgan fingerprint density at radius 1 is 1.14 bits per heavy atom. The predicted molar refractivity (Wildman–Crippen MR) is 117 cm³/mol. The van der Waals surface area contributed by atoms with Crippen molar-refractivity contribution in [2.24, 2.45) is 0 Å². The van der Waals surface area contributed by atoms with Crippen LogP contribution in [0.3, 0.4) is 0 Å². The smallest absolute Gasteiger partial charge is 0.255 e. The Morgan fingerprint density at radius 3 is 2.69 bits per heavy atom. The first-order chi connectivity index (χ1) is 14.0. The van der Waals surface area contributed by atoms with Gasteiger partial charge in [0.25, 0.3) is 5.91 Å². The van der Waals surface area contributed by atoms with Crippen molar-refractivity contribution >= 4 is 21.8 Å². The molecule has 5 nitrogen and oxygen atoms in total. The number of nitrogens with zero attached hydrogens (tertiary/aromatic N) is 3. The molecule has 0 N–H and O–H groups in total. The Hall–Kier alpha value is -1.92. The molecule has 2 aromatic rings. The minimum atomic E-state index is 0.0863. The van der Waals surface area contributed by atoms with Gasteiger partial charge in [0, 0.05) is 37.9 Å². The van der Waals surface area contributed by atoms with Gasteiger partial charge in [-0.2, -0.15) is 0 Å². The highest BCUT2D eigenvalue weighted by molar-refractivity contribution is 9.10. The molecular weight excluding hydrogens is 430 g/mol. The molecule has 0 spiro atoms. The normalized spacial score (nSPS) is 22.3. The van der Waals surface area contributed by atoms with E-state index in [4.69, 9.17) is 4.74 Å². The zero-order valence-electron chi connectivity index (χ0n) is 17.3. The second-order valence-corrected chi connectivity index (χ2v) is 8.88. The summed E-state index contributed by atoms with van der Waals surface area (Å²) >= 11 is 3.33. The minimum Gasteiger partial charge on any atom is -0.496 e. The number of methoxy groups -OCH3 is 1. The van der Waals surface area contributed by atoms with Crippen LogP contribution in [0.2, 0.25) is 0 Å². The third-order valence-electron chi connectivity index (χ3n) is 6.56. The number of ether oxygens (including phenoxy) is 1. The summed E-state index contributed by atoms with van der Waals surface area (Å²) in [6, 6.07) is 8.84. The summed E-state index contributed by atoms with van der Waals surface area (Å²) < 4.78 is 6.25. The van der Waals surface area contributed by atoms with Gasteiger partial charge in [0.1, 0.15) is 10.4 Å². The summed E-state index contributed by atoms with van der Waals surface area (Å²) in [5.41, 5.74) is 4.62. The van der Waals surface area contributed by atoms with Crippen LogP contribution >= 0.6 is 15.9 Å². The second-order valence-electron chi connectivity index (χ2n) is 8.07. The molecule has 2 aliphatic rings. The SMILES string of the molecule is COc1ccc(C2CCCC3CN(C(=O)c4ccc(Br)nc4)CCN32)c(C)c1C. The van der Waals surface area contributed by atoms with Crippen LogP contribution in [0.1, 0.15) is 52.4 Å². The lowest BCUT2D eigenvalue weighted by molar-refractivity contribution is 0.0101. The highest BCUT2D eigenvalue weighted by Gasteiger charge is 2.37. The maximum absolute atomic E-state index is 12.9. The van der Waals surface area contributed by atoms with Crippen molar-refractivity contribution in [3.8, 4) is 5.75 Å². The number of amides is 1. The molecule has 0 saturated carbocycles. The van der Waals surface area contributed by atoms with Crippen LogP contribution in [0.15, 0.2) is 35.1 Å². The summed E-state index contributed by atoms with van der Waals surface area (Å²) in [5, 5.41) is 0. The molecule has 0 aliphatic carbocycles. The van der Waals surface area contributed by atoms with Gasteiger partial charge in [0.05, 0.1) is 12.7 Å². The van der Waals surface area contributed by atoms with Crippen LogP contribution in [0.25, 0.3) is 0 Å². The topological polar surface area (TPSA) is 45.7 Å².